The molecule has 0 saturated carbocycles. The highest BCUT2D eigenvalue weighted by atomic mass is 32.2. The lowest BCUT2D eigenvalue weighted by Gasteiger charge is -2.11. The Hall–Kier alpha value is -2.73. The molecule has 0 saturated heterocycles. The van der Waals surface area contributed by atoms with Crippen molar-refractivity contribution in [2.75, 3.05) is 4.72 Å². The van der Waals surface area contributed by atoms with Gasteiger partial charge in [-0.25, -0.2) is 13.4 Å². The largest absolute Gasteiger partial charge is 0.263 e. The molecule has 0 aliphatic carbocycles. The topological polar surface area (TPSA) is 72.0 Å². The second kappa shape index (κ2) is 5.95. The number of hydrogen-bond donors (Lipinski definition) is 1. The molecule has 0 spiro atoms. The molecule has 0 fully saturated rings. The lowest BCUT2D eigenvalue weighted by molar-refractivity contribution is 0.601. The fraction of sp³-hybridized carbons (Fsp3) is 0. The Morgan fingerprint density at radius 1 is 0.864 bits per heavy atom. The highest BCUT2D eigenvalue weighted by molar-refractivity contribution is 7.92. The highest BCUT2D eigenvalue weighted by Gasteiger charge is 2.19. The Kier molecular flexibility index (Phi) is 3.84. The number of benzene rings is 2. The molecule has 0 aliphatic rings. The zero-order chi connectivity index (χ0) is 15.4. The van der Waals surface area contributed by atoms with Crippen LogP contribution in [0, 0.1) is 0 Å². The Labute approximate surface area is 128 Å². The van der Waals surface area contributed by atoms with Gasteiger partial charge in [0.05, 0.1) is 11.1 Å². The third-order valence-electron chi connectivity index (χ3n) is 3.06. The summed E-state index contributed by atoms with van der Waals surface area (Å²) in [6.45, 7) is 0. The molecule has 5 nitrogen and oxygen atoms in total. The van der Waals surface area contributed by atoms with E-state index in [1.165, 1.54) is 18.6 Å². The van der Waals surface area contributed by atoms with Crippen LogP contribution in [-0.4, -0.2) is 18.4 Å². The van der Waals surface area contributed by atoms with Gasteiger partial charge in [0.1, 0.15) is 0 Å². The number of rotatable bonds is 4. The molecule has 3 rings (SSSR count). The van der Waals surface area contributed by atoms with Crippen LogP contribution in [0.1, 0.15) is 0 Å². The van der Waals surface area contributed by atoms with E-state index in [2.05, 4.69) is 14.7 Å². The molecule has 0 bridgehead atoms. The summed E-state index contributed by atoms with van der Waals surface area (Å²) in [5, 5.41) is 0. The summed E-state index contributed by atoms with van der Waals surface area (Å²) in [5.41, 5.74) is 1.47. The number of nitrogens with one attached hydrogen (secondary N) is 1. The van der Waals surface area contributed by atoms with Crippen LogP contribution in [-0.2, 0) is 10.0 Å². The van der Waals surface area contributed by atoms with Crippen molar-refractivity contribution >= 4 is 15.8 Å². The summed E-state index contributed by atoms with van der Waals surface area (Å²) in [7, 11) is -3.74. The first-order valence-electron chi connectivity index (χ1n) is 6.60. The predicted octanol–water partition coefficient (Wildman–Crippen LogP) is 2.94. The van der Waals surface area contributed by atoms with Crippen molar-refractivity contribution in [2.45, 2.75) is 4.90 Å². The van der Waals surface area contributed by atoms with E-state index >= 15 is 0 Å². The zero-order valence-corrected chi connectivity index (χ0v) is 12.4. The molecule has 0 atom stereocenters. The first kappa shape index (κ1) is 14.2. The van der Waals surface area contributed by atoms with E-state index in [4.69, 9.17) is 0 Å². The molecule has 1 N–H and O–H groups in total. The molecule has 0 unspecified atom stereocenters. The van der Waals surface area contributed by atoms with Gasteiger partial charge in [0.15, 0.2) is 5.82 Å². The van der Waals surface area contributed by atoms with Crippen molar-refractivity contribution in [3.8, 4) is 11.1 Å². The van der Waals surface area contributed by atoms with Gasteiger partial charge in [-0.15, -0.1) is 0 Å². The summed E-state index contributed by atoms with van der Waals surface area (Å²) in [6, 6.07) is 16.2. The number of aromatic nitrogens is 2. The summed E-state index contributed by atoms with van der Waals surface area (Å²) < 4.78 is 27.7. The van der Waals surface area contributed by atoms with Gasteiger partial charge in [0, 0.05) is 18.0 Å². The average Bonchev–Trinajstić information content (AvgIpc) is 2.56. The first-order chi connectivity index (χ1) is 10.7. The minimum Gasteiger partial charge on any atom is -0.262 e. The molecule has 2 aromatic carbocycles. The van der Waals surface area contributed by atoms with Crippen LogP contribution in [0.5, 0.6) is 0 Å². The number of sulfonamides is 1. The quantitative estimate of drug-likeness (QED) is 0.804. The Morgan fingerprint density at radius 3 is 2.32 bits per heavy atom. The predicted molar refractivity (Wildman–Crippen MR) is 84.7 cm³/mol. The second-order valence-corrected chi connectivity index (χ2v) is 6.21. The first-order valence-corrected chi connectivity index (χ1v) is 8.08. The molecule has 22 heavy (non-hydrogen) atoms. The van der Waals surface area contributed by atoms with E-state index in [1.54, 1.807) is 18.2 Å². The average molecular weight is 311 g/mol. The van der Waals surface area contributed by atoms with Crippen molar-refractivity contribution in [1.82, 2.24) is 9.97 Å². The van der Waals surface area contributed by atoms with Gasteiger partial charge in [-0.05, 0) is 11.6 Å². The fourth-order valence-electron chi connectivity index (χ4n) is 2.10. The maximum Gasteiger partial charge on any atom is 0.263 e. The maximum absolute atomic E-state index is 12.6. The van der Waals surface area contributed by atoms with Gasteiger partial charge in [0.25, 0.3) is 10.0 Å². The monoisotopic (exact) mass is 311 g/mol. The maximum atomic E-state index is 12.6. The van der Waals surface area contributed by atoms with Crippen LogP contribution in [0.3, 0.4) is 0 Å². The summed E-state index contributed by atoms with van der Waals surface area (Å²) in [5.74, 6) is 0.186. The normalized spacial score (nSPS) is 11.1. The minimum atomic E-state index is -3.74. The van der Waals surface area contributed by atoms with Crippen LogP contribution in [0.15, 0.2) is 78.1 Å². The van der Waals surface area contributed by atoms with Crippen molar-refractivity contribution in [1.29, 1.82) is 0 Å². The fourth-order valence-corrected chi connectivity index (χ4v) is 3.33. The number of anilines is 1. The molecule has 6 heteroatoms. The van der Waals surface area contributed by atoms with Crippen LogP contribution in [0.4, 0.5) is 5.82 Å². The third-order valence-corrected chi connectivity index (χ3v) is 4.48. The van der Waals surface area contributed by atoms with Gasteiger partial charge < -0.3 is 0 Å². The Bertz CT molecular complexity index is 866. The second-order valence-electron chi connectivity index (χ2n) is 4.56. The van der Waals surface area contributed by atoms with Gasteiger partial charge in [-0.2, -0.15) is 0 Å². The summed E-state index contributed by atoms with van der Waals surface area (Å²) in [6.07, 6.45) is 4.28. The lowest BCUT2D eigenvalue weighted by atomic mass is 10.1. The van der Waals surface area contributed by atoms with Gasteiger partial charge >= 0.3 is 0 Å². The van der Waals surface area contributed by atoms with Crippen LogP contribution in [0.2, 0.25) is 0 Å². The van der Waals surface area contributed by atoms with Crippen LogP contribution >= 0.6 is 0 Å². The van der Waals surface area contributed by atoms with E-state index < -0.39 is 10.0 Å². The standard InChI is InChI=1S/C16H13N3O2S/c20-22(21,19-16-12-17-10-11-18-16)15-9-5-4-8-14(15)13-6-2-1-3-7-13/h1-12H,(H,18,19). The van der Waals surface area contributed by atoms with E-state index in [9.17, 15) is 8.42 Å². The Morgan fingerprint density at radius 2 is 1.59 bits per heavy atom. The van der Waals surface area contributed by atoms with E-state index in [-0.39, 0.29) is 10.7 Å². The third kappa shape index (κ3) is 2.96. The SMILES string of the molecule is O=S(=O)(Nc1cnccn1)c1ccccc1-c1ccccc1. The molecule has 1 heterocycles. The van der Waals surface area contributed by atoms with Gasteiger partial charge in [0.2, 0.25) is 0 Å². The molecule has 110 valence electrons. The van der Waals surface area contributed by atoms with Crippen molar-refractivity contribution in [3.63, 3.8) is 0 Å². The summed E-state index contributed by atoms with van der Waals surface area (Å²) >= 11 is 0. The van der Waals surface area contributed by atoms with Crippen molar-refractivity contribution in [3.05, 3.63) is 73.2 Å². The van der Waals surface area contributed by atoms with Gasteiger partial charge in [-0.3, -0.25) is 9.71 Å². The zero-order valence-electron chi connectivity index (χ0n) is 11.5. The number of hydrogen-bond acceptors (Lipinski definition) is 4. The van der Waals surface area contributed by atoms with Crippen LogP contribution < -0.4 is 4.72 Å². The molecule has 0 aliphatic heterocycles. The summed E-state index contributed by atoms with van der Waals surface area (Å²) in [4.78, 5) is 7.99. The highest BCUT2D eigenvalue weighted by Crippen LogP contribution is 2.27. The van der Waals surface area contributed by atoms with E-state index in [1.807, 2.05) is 36.4 Å². The van der Waals surface area contributed by atoms with Crippen LogP contribution in [0.25, 0.3) is 11.1 Å². The van der Waals surface area contributed by atoms with Gasteiger partial charge in [-0.1, -0.05) is 48.5 Å². The molecular formula is C16H13N3O2S. The molecule has 3 aromatic rings. The molecule has 0 amide bonds. The van der Waals surface area contributed by atoms with Crippen molar-refractivity contribution in [2.24, 2.45) is 0 Å². The van der Waals surface area contributed by atoms with Crippen molar-refractivity contribution < 1.29 is 8.42 Å². The Balaban J connectivity index is 2.05. The molecular weight excluding hydrogens is 298 g/mol. The smallest absolute Gasteiger partial charge is 0.262 e. The van der Waals surface area contributed by atoms with E-state index in [0.29, 0.717) is 5.56 Å². The molecule has 1 aromatic heterocycles. The lowest BCUT2D eigenvalue weighted by Crippen LogP contribution is -2.15. The van der Waals surface area contributed by atoms with E-state index in [0.717, 1.165) is 5.56 Å². The molecule has 0 radical (unpaired) electrons. The number of nitrogens with zero attached hydrogens (tertiary/aromatic N) is 2. The minimum absolute atomic E-state index is 0.186.